The summed E-state index contributed by atoms with van der Waals surface area (Å²) in [4.78, 5) is 17.0. The number of nitrogens with one attached hydrogen (secondary N) is 1. The average Bonchev–Trinajstić information content (AvgIpc) is 2.37. The van der Waals surface area contributed by atoms with Gasteiger partial charge in [0.05, 0.1) is 6.61 Å². The van der Waals surface area contributed by atoms with Gasteiger partial charge in [-0.15, -0.1) is 0 Å². The van der Waals surface area contributed by atoms with Gasteiger partial charge in [0.1, 0.15) is 11.8 Å². The summed E-state index contributed by atoms with van der Waals surface area (Å²) in [6.07, 6.45) is 0. The molecule has 0 aromatic heterocycles. The van der Waals surface area contributed by atoms with E-state index in [0.29, 0.717) is 6.61 Å². The molecule has 0 fully saturated rings. The van der Waals surface area contributed by atoms with Crippen LogP contribution in [-0.2, 0) is 18.7 Å². The number of halogens is 1. The van der Waals surface area contributed by atoms with E-state index < -0.39 is 19.0 Å². The molecule has 1 N–H and O–H groups in total. The molecule has 22 heavy (non-hydrogen) atoms. The Morgan fingerprint density at radius 1 is 1.32 bits per heavy atom. The monoisotopic (exact) mass is 349 g/mol. The lowest BCUT2D eigenvalue weighted by Crippen LogP contribution is -2.36. The van der Waals surface area contributed by atoms with Crippen LogP contribution in [0.2, 0.25) is 0 Å². The molecular formula is C14H21ClNO5P. The molecule has 0 heterocycles. The molecule has 8 heteroatoms. The molecule has 0 aliphatic carbocycles. The summed E-state index contributed by atoms with van der Waals surface area (Å²) in [7, 11) is 0. The third kappa shape index (κ3) is 7.80. The number of para-hydroxylation sites is 1. The molecule has 1 unspecified atom stereocenters. The number of carbonyl (C=O) groups excluding carboxylic acids is 1. The van der Waals surface area contributed by atoms with Crippen LogP contribution in [0.15, 0.2) is 30.3 Å². The number of hydrogen-bond acceptors (Lipinski definition) is 6. The number of hydrogen-bond donors (Lipinski definition) is 1. The largest absolute Gasteiger partial charge is 0.532 e. The topological polar surface area (TPSA) is 73.9 Å². The Bertz CT molecular complexity index is 532. The predicted octanol–water partition coefficient (Wildman–Crippen LogP) is 3.91. The third-order valence-electron chi connectivity index (χ3n) is 2.28. The smallest absolute Gasteiger partial charge is 0.405 e. The highest BCUT2D eigenvalue weighted by Gasteiger charge is 2.30. The van der Waals surface area contributed by atoms with Crippen LogP contribution in [0.5, 0.6) is 5.75 Å². The summed E-state index contributed by atoms with van der Waals surface area (Å²) in [5.74, 6) is -0.582. The molecule has 1 rings (SSSR count). The number of benzene rings is 1. The Morgan fingerprint density at radius 2 is 1.91 bits per heavy atom. The van der Waals surface area contributed by atoms with Crippen LogP contribution >= 0.6 is 18.2 Å². The van der Waals surface area contributed by atoms with Crippen molar-refractivity contribution in [3.8, 4) is 5.75 Å². The zero-order valence-corrected chi connectivity index (χ0v) is 14.7. The highest BCUT2D eigenvalue weighted by atomic mass is 35.7. The van der Waals surface area contributed by atoms with Gasteiger partial charge in [-0.2, -0.15) is 5.48 Å². The molecule has 0 saturated heterocycles. The highest BCUT2D eigenvalue weighted by Crippen LogP contribution is 2.53. The molecule has 0 aliphatic heterocycles. The third-order valence-corrected chi connectivity index (χ3v) is 3.52. The van der Waals surface area contributed by atoms with Crippen LogP contribution < -0.4 is 10.0 Å². The van der Waals surface area contributed by atoms with Crippen molar-refractivity contribution in [3.63, 3.8) is 0 Å². The number of carbonyl (C=O) groups is 1. The zero-order chi connectivity index (χ0) is 16.8. The molecule has 0 amide bonds. The van der Waals surface area contributed by atoms with Crippen LogP contribution in [0.25, 0.3) is 0 Å². The van der Waals surface area contributed by atoms with Gasteiger partial charge in [0.25, 0.3) is 0 Å². The molecule has 2 atom stereocenters. The molecule has 0 aliphatic rings. The Morgan fingerprint density at radius 3 is 2.45 bits per heavy atom. The van der Waals surface area contributed by atoms with Crippen LogP contribution in [0.4, 0.5) is 0 Å². The molecule has 124 valence electrons. The predicted molar refractivity (Wildman–Crippen MR) is 84.6 cm³/mol. The summed E-state index contributed by atoms with van der Waals surface area (Å²) < 4.78 is 21.7. The van der Waals surface area contributed by atoms with Crippen molar-refractivity contribution < 1.29 is 23.2 Å². The highest BCUT2D eigenvalue weighted by molar-refractivity contribution is 7.82. The molecular weight excluding hydrogens is 329 g/mol. The Hall–Kier alpha value is -1.07. The summed E-state index contributed by atoms with van der Waals surface area (Å²) >= 11 is 5.64. The van der Waals surface area contributed by atoms with E-state index >= 15 is 0 Å². The second kappa shape index (κ2) is 7.97. The van der Waals surface area contributed by atoms with E-state index in [4.69, 9.17) is 25.1 Å². The standard InChI is InChI=1S/C14H21ClNO5P/c1-11(16-19-10-14(2,3)4)13(17)21-22(15,18)20-12-8-6-5-7-9-12/h5-9,11,16H,10H2,1-4H3/t11-,22?/m1/s1. The van der Waals surface area contributed by atoms with Crippen LogP contribution in [0.3, 0.4) is 0 Å². The first kappa shape index (κ1) is 19.0. The van der Waals surface area contributed by atoms with Crippen molar-refractivity contribution in [2.24, 2.45) is 5.41 Å². The first-order chi connectivity index (χ1) is 10.1. The lowest BCUT2D eigenvalue weighted by Gasteiger charge is -2.20. The lowest BCUT2D eigenvalue weighted by atomic mass is 9.99. The van der Waals surface area contributed by atoms with Crippen molar-refractivity contribution in [1.82, 2.24) is 5.48 Å². The van der Waals surface area contributed by atoms with E-state index in [9.17, 15) is 9.36 Å². The maximum Gasteiger partial charge on any atom is 0.532 e. The van der Waals surface area contributed by atoms with Gasteiger partial charge in [0.2, 0.25) is 0 Å². The minimum Gasteiger partial charge on any atom is -0.405 e. The van der Waals surface area contributed by atoms with Crippen molar-refractivity contribution >= 4 is 24.2 Å². The van der Waals surface area contributed by atoms with Gasteiger partial charge in [-0.05, 0) is 24.5 Å². The summed E-state index contributed by atoms with van der Waals surface area (Å²) in [5.41, 5.74) is 2.45. The second-order valence-electron chi connectivity index (χ2n) is 5.93. The van der Waals surface area contributed by atoms with Gasteiger partial charge >= 0.3 is 12.9 Å². The van der Waals surface area contributed by atoms with Gasteiger partial charge in [0.15, 0.2) is 0 Å². The molecule has 0 radical (unpaired) electrons. The Kier molecular flexibility index (Phi) is 6.88. The van der Waals surface area contributed by atoms with E-state index in [1.165, 1.54) is 6.92 Å². The van der Waals surface area contributed by atoms with Crippen molar-refractivity contribution in [2.75, 3.05) is 6.61 Å². The van der Waals surface area contributed by atoms with Gasteiger partial charge in [0, 0.05) is 11.2 Å². The van der Waals surface area contributed by atoms with Crippen molar-refractivity contribution in [2.45, 2.75) is 33.7 Å². The SMILES string of the molecule is C[C@@H](NOCC(C)(C)C)C(=O)OP(=O)(Cl)Oc1ccccc1. The van der Waals surface area contributed by atoms with Crippen LogP contribution in [-0.4, -0.2) is 18.6 Å². The van der Waals surface area contributed by atoms with E-state index in [1.807, 2.05) is 20.8 Å². The minimum absolute atomic E-state index is 0.0607. The Labute approximate surface area is 135 Å². The maximum atomic E-state index is 12.0. The minimum atomic E-state index is -4.06. The van der Waals surface area contributed by atoms with Crippen molar-refractivity contribution in [3.05, 3.63) is 30.3 Å². The molecule has 0 bridgehead atoms. The van der Waals surface area contributed by atoms with Gasteiger partial charge in [-0.1, -0.05) is 39.0 Å². The molecule has 1 aromatic carbocycles. The first-order valence-electron chi connectivity index (χ1n) is 6.74. The van der Waals surface area contributed by atoms with Crippen molar-refractivity contribution in [1.29, 1.82) is 0 Å². The fraction of sp³-hybridized carbons (Fsp3) is 0.500. The maximum absolute atomic E-state index is 12.0. The normalized spacial score (nSPS) is 15.7. The summed E-state index contributed by atoms with van der Waals surface area (Å²) in [6, 6.07) is 7.38. The summed E-state index contributed by atoms with van der Waals surface area (Å²) in [5, 5.41) is 0. The van der Waals surface area contributed by atoms with Gasteiger partial charge in [-0.25, -0.2) is 9.36 Å². The Balaban J connectivity index is 2.47. The quantitative estimate of drug-likeness (QED) is 0.594. The number of hydroxylamine groups is 1. The molecule has 0 saturated carbocycles. The van der Waals surface area contributed by atoms with E-state index in [-0.39, 0.29) is 11.2 Å². The first-order valence-corrected chi connectivity index (χ1v) is 9.19. The average molecular weight is 350 g/mol. The fourth-order valence-corrected chi connectivity index (χ4v) is 2.47. The molecule has 0 spiro atoms. The van der Waals surface area contributed by atoms with E-state index in [2.05, 4.69) is 5.48 Å². The lowest BCUT2D eigenvalue weighted by molar-refractivity contribution is -0.141. The summed E-state index contributed by atoms with van der Waals surface area (Å²) in [6.45, 7) is 3.79. The molecule has 1 aromatic rings. The van der Waals surface area contributed by atoms with Gasteiger partial charge < -0.3 is 13.9 Å². The van der Waals surface area contributed by atoms with Gasteiger partial charge in [-0.3, -0.25) is 0 Å². The van der Waals surface area contributed by atoms with Crippen LogP contribution in [0.1, 0.15) is 27.7 Å². The molecule has 6 nitrogen and oxygen atoms in total. The zero-order valence-electron chi connectivity index (χ0n) is 13.0. The number of rotatable bonds is 7. The fourth-order valence-electron chi connectivity index (χ4n) is 1.24. The van der Waals surface area contributed by atoms with Crippen LogP contribution in [0, 0.1) is 5.41 Å². The second-order valence-corrected chi connectivity index (χ2v) is 8.40. The van der Waals surface area contributed by atoms with E-state index in [1.54, 1.807) is 30.3 Å². The van der Waals surface area contributed by atoms with E-state index in [0.717, 1.165) is 0 Å².